The minimum absolute atomic E-state index is 0.237. The van der Waals surface area contributed by atoms with Crippen molar-refractivity contribution in [1.82, 2.24) is 20.1 Å². The van der Waals surface area contributed by atoms with Crippen molar-refractivity contribution in [2.45, 2.75) is 13.5 Å². The Morgan fingerprint density at radius 1 is 1.44 bits per heavy atom. The normalized spacial score (nSPS) is 10.9. The van der Waals surface area contributed by atoms with Gasteiger partial charge in [0.15, 0.2) is 5.82 Å². The Morgan fingerprint density at radius 3 is 3.11 bits per heavy atom. The van der Waals surface area contributed by atoms with Gasteiger partial charge in [0.2, 0.25) is 5.95 Å². The van der Waals surface area contributed by atoms with E-state index < -0.39 is 0 Å². The zero-order valence-corrected chi connectivity index (χ0v) is 9.77. The third kappa shape index (κ3) is 1.86. The van der Waals surface area contributed by atoms with Crippen molar-refractivity contribution < 1.29 is 4.52 Å². The molecule has 3 heterocycles. The summed E-state index contributed by atoms with van der Waals surface area (Å²) in [6, 6.07) is 3.71. The van der Waals surface area contributed by atoms with E-state index in [9.17, 15) is 0 Å². The van der Waals surface area contributed by atoms with Gasteiger partial charge in [-0.2, -0.15) is 4.98 Å². The topological polar surface area (TPSA) is 106 Å². The van der Waals surface area contributed by atoms with E-state index in [2.05, 4.69) is 25.4 Å². The molecular formula is C11H12N6O. The molecule has 3 aromatic heterocycles. The van der Waals surface area contributed by atoms with Gasteiger partial charge in [-0.05, 0) is 13.0 Å². The molecule has 0 spiro atoms. The van der Waals surface area contributed by atoms with Gasteiger partial charge in [0.25, 0.3) is 0 Å². The van der Waals surface area contributed by atoms with Crippen molar-refractivity contribution in [3.05, 3.63) is 29.8 Å². The molecule has 0 aliphatic carbocycles. The predicted molar refractivity (Wildman–Crippen MR) is 66.9 cm³/mol. The van der Waals surface area contributed by atoms with Crippen LogP contribution in [0.25, 0.3) is 11.0 Å². The number of aryl methyl sites for hydroxylation is 1. The second-order valence-corrected chi connectivity index (χ2v) is 3.95. The highest BCUT2D eigenvalue weighted by Crippen LogP contribution is 2.19. The average Bonchev–Trinajstić information content (AvgIpc) is 2.94. The Hall–Kier alpha value is -2.57. The van der Waals surface area contributed by atoms with Gasteiger partial charge in [-0.1, -0.05) is 5.16 Å². The quantitative estimate of drug-likeness (QED) is 0.644. The molecule has 0 aliphatic rings. The van der Waals surface area contributed by atoms with E-state index in [4.69, 9.17) is 10.3 Å². The van der Waals surface area contributed by atoms with Gasteiger partial charge in [-0.15, -0.1) is 0 Å². The summed E-state index contributed by atoms with van der Waals surface area (Å²) in [6.07, 6.45) is 1.80. The zero-order valence-electron chi connectivity index (χ0n) is 9.77. The van der Waals surface area contributed by atoms with E-state index >= 15 is 0 Å². The number of rotatable bonds is 3. The molecule has 3 rings (SSSR count). The number of nitrogens with zero attached hydrogens (tertiary/aromatic N) is 3. The molecule has 18 heavy (non-hydrogen) atoms. The number of nitrogen functional groups attached to an aromatic ring is 1. The standard InChI is InChI=1S/C11H12N6O/c1-6-4-7(17-18-6)5-14-10-9-8(2-3-13-9)15-11(12)16-10/h2-4,13H,5H2,1H3,(H3,12,14,15,16). The summed E-state index contributed by atoms with van der Waals surface area (Å²) >= 11 is 0. The fourth-order valence-electron chi connectivity index (χ4n) is 1.77. The van der Waals surface area contributed by atoms with Crippen molar-refractivity contribution in [1.29, 1.82) is 0 Å². The van der Waals surface area contributed by atoms with E-state index in [1.54, 1.807) is 6.20 Å². The van der Waals surface area contributed by atoms with Crippen molar-refractivity contribution in [3.63, 3.8) is 0 Å². The summed E-state index contributed by atoms with van der Waals surface area (Å²) in [5.41, 5.74) is 8.06. The highest BCUT2D eigenvalue weighted by molar-refractivity contribution is 5.86. The molecule has 7 heteroatoms. The Labute approximate surface area is 102 Å². The summed E-state index contributed by atoms with van der Waals surface area (Å²) in [5.74, 6) is 1.67. The summed E-state index contributed by atoms with van der Waals surface area (Å²) in [5, 5.41) is 7.06. The number of nitrogens with one attached hydrogen (secondary N) is 2. The van der Waals surface area contributed by atoms with Gasteiger partial charge in [0, 0.05) is 12.3 Å². The lowest BCUT2D eigenvalue weighted by Crippen LogP contribution is -2.05. The van der Waals surface area contributed by atoms with Gasteiger partial charge >= 0.3 is 0 Å². The first-order chi connectivity index (χ1) is 8.72. The van der Waals surface area contributed by atoms with Gasteiger partial charge in [0.05, 0.1) is 12.1 Å². The number of hydrogen-bond donors (Lipinski definition) is 3. The van der Waals surface area contributed by atoms with E-state index in [1.165, 1.54) is 0 Å². The smallest absolute Gasteiger partial charge is 0.222 e. The monoisotopic (exact) mass is 244 g/mol. The Balaban J connectivity index is 1.87. The highest BCUT2D eigenvalue weighted by Gasteiger charge is 2.08. The molecule has 0 fully saturated rings. The number of H-pyrrole nitrogens is 1. The first kappa shape index (κ1) is 10.6. The molecule has 3 aromatic rings. The van der Waals surface area contributed by atoms with Gasteiger partial charge in [-0.3, -0.25) is 0 Å². The minimum Gasteiger partial charge on any atom is -0.368 e. The lowest BCUT2D eigenvalue weighted by atomic mass is 10.3. The molecule has 0 saturated carbocycles. The number of fused-ring (bicyclic) bond motifs is 1. The van der Waals surface area contributed by atoms with Crippen LogP contribution in [0.2, 0.25) is 0 Å². The van der Waals surface area contributed by atoms with E-state index in [1.807, 2.05) is 19.1 Å². The number of aromatic nitrogens is 4. The van der Waals surface area contributed by atoms with Crippen molar-refractivity contribution >= 4 is 22.8 Å². The first-order valence-corrected chi connectivity index (χ1v) is 5.49. The van der Waals surface area contributed by atoms with Crippen LogP contribution in [0.1, 0.15) is 11.5 Å². The van der Waals surface area contributed by atoms with Crippen LogP contribution < -0.4 is 11.1 Å². The molecule has 0 radical (unpaired) electrons. The minimum atomic E-state index is 0.237. The van der Waals surface area contributed by atoms with Crippen LogP contribution in [0.5, 0.6) is 0 Å². The maximum Gasteiger partial charge on any atom is 0.222 e. The maximum atomic E-state index is 5.65. The Bertz CT molecular complexity index is 686. The lowest BCUT2D eigenvalue weighted by Gasteiger charge is -2.05. The lowest BCUT2D eigenvalue weighted by molar-refractivity contribution is 0.391. The molecule has 92 valence electrons. The summed E-state index contributed by atoms with van der Waals surface area (Å²) in [7, 11) is 0. The fraction of sp³-hybridized carbons (Fsp3) is 0.182. The molecule has 0 bridgehead atoms. The third-order valence-electron chi connectivity index (χ3n) is 2.54. The maximum absolute atomic E-state index is 5.65. The summed E-state index contributed by atoms with van der Waals surface area (Å²) < 4.78 is 4.99. The van der Waals surface area contributed by atoms with Crippen LogP contribution in [0.4, 0.5) is 11.8 Å². The summed E-state index contributed by atoms with van der Waals surface area (Å²) in [4.78, 5) is 11.3. The van der Waals surface area contributed by atoms with Crippen LogP contribution >= 0.6 is 0 Å². The molecule has 4 N–H and O–H groups in total. The van der Waals surface area contributed by atoms with Gasteiger partial charge in [0.1, 0.15) is 17.0 Å². The fourth-order valence-corrected chi connectivity index (χ4v) is 1.77. The van der Waals surface area contributed by atoms with Crippen LogP contribution in [0, 0.1) is 6.92 Å². The molecule has 0 aromatic carbocycles. The molecule has 0 amide bonds. The third-order valence-corrected chi connectivity index (χ3v) is 2.54. The van der Waals surface area contributed by atoms with Gasteiger partial charge in [-0.25, -0.2) is 4.98 Å². The molecule has 0 aliphatic heterocycles. The molecule has 0 unspecified atom stereocenters. The van der Waals surface area contributed by atoms with Crippen LogP contribution in [-0.2, 0) is 6.54 Å². The Morgan fingerprint density at radius 2 is 2.33 bits per heavy atom. The van der Waals surface area contributed by atoms with E-state index in [0.29, 0.717) is 12.4 Å². The number of nitrogens with two attached hydrogens (primary N) is 1. The number of aromatic amines is 1. The SMILES string of the molecule is Cc1cc(CNc2nc(N)nc3cc[nH]c23)no1. The van der Waals surface area contributed by atoms with Crippen LogP contribution in [-0.4, -0.2) is 20.1 Å². The number of hydrogen-bond acceptors (Lipinski definition) is 6. The highest BCUT2D eigenvalue weighted by atomic mass is 16.5. The first-order valence-electron chi connectivity index (χ1n) is 5.49. The second kappa shape index (κ2) is 4.02. The van der Waals surface area contributed by atoms with E-state index in [-0.39, 0.29) is 5.95 Å². The predicted octanol–water partition coefficient (Wildman–Crippen LogP) is 1.45. The summed E-state index contributed by atoms with van der Waals surface area (Å²) in [6.45, 7) is 2.37. The zero-order chi connectivity index (χ0) is 12.5. The van der Waals surface area contributed by atoms with E-state index in [0.717, 1.165) is 22.5 Å². The Kier molecular flexibility index (Phi) is 2.36. The van der Waals surface area contributed by atoms with Crippen molar-refractivity contribution in [2.24, 2.45) is 0 Å². The van der Waals surface area contributed by atoms with Crippen LogP contribution in [0.15, 0.2) is 22.9 Å². The molecule has 0 atom stereocenters. The molecular weight excluding hydrogens is 232 g/mol. The largest absolute Gasteiger partial charge is 0.368 e. The molecule has 0 saturated heterocycles. The average molecular weight is 244 g/mol. The van der Waals surface area contributed by atoms with Crippen LogP contribution in [0.3, 0.4) is 0 Å². The van der Waals surface area contributed by atoms with Crippen molar-refractivity contribution in [2.75, 3.05) is 11.1 Å². The van der Waals surface area contributed by atoms with Crippen molar-refractivity contribution in [3.8, 4) is 0 Å². The second-order valence-electron chi connectivity index (χ2n) is 3.95. The molecule has 7 nitrogen and oxygen atoms in total. The number of anilines is 2. The van der Waals surface area contributed by atoms with Gasteiger partial charge < -0.3 is 20.6 Å².